The van der Waals surface area contributed by atoms with Crippen LogP contribution in [0.1, 0.15) is 11.1 Å². The van der Waals surface area contributed by atoms with E-state index in [-0.39, 0.29) is 0 Å². The number of rotatable bonds is 6. The SMILES string of the molecule is Clc1ccc(N=NN(Cc2ccccc2)Cc2ccccc2)cc1. The van der Waals surface area contributed by atoms with E-state index in [0.717, 1.165) is 5.69 Å². The highest BCUT2D eigenvalue weighted by Gasteiger charge is 2.05. The molecule has 0 N–H and O–H groups in total. The Bertz CT molecular complexity index is 729. The van der Waals surface area contributed by atoms with Gasteiger partial charge in [-0.15, -0.1) is 5.11 Å². The van der Waals surface area contributed by atoms with Gasteiger partial charge in [0, 0.05) is 5.02 Å². The summed E-state index contributed by atoms with van der Waals surface area (Å²) in [5, 5.41) is 11.4. The van der Waals surface area contributed by atoms with E-state index in [1.54, 1.807) is 0 Å². The van der Waals surface area contributed by atoms with E-state index in [4.69, 9.17) is 11.6 Å². The summed E-state index contributed by atoms with van der Waals surface area (Å²) in [5.41, 5.74) is 3.18. The van der Waals surface area contributed by atoms with E-state index in [2.05, 4.69) is 34.6 Å². The minimum atomic E-state index is 0.694. The third-order valence-electron chi connectivity index (χ3n) is 3.53. The molecule has 3 aromatic rings. The van der Waals surface area contributed by atoms with Crippen LogP contribution in [0, 0.1) is 0 Å². The number of benzene rings is 3. The Labute approximate surface area is 147 Å². The fourth-order valence-corrected chi connectivity index (χ4v) is 2.46. The van der Waals surface area contributed by atoms with Crippen LogP contribution in [0.3, 0.4) is 0 Å². The minimum Gasteiger partial charge on any atom is -0.270 e. The highest BCUT2D eigenvalue weighted by atomic mass is 35.5. The quantitative estimate of drug-likeness (QED) is 0.398. The molecule has 3 rings (SSSR count). The lowest BCUT2D eigenvalue weighted by Crippen LogP contribution is -2.15. The third kappa shape index (κ3) is 4.93. The van der Waals surface area contributed by atoms with Crippen molar-refractivity contribution in [1.29, 1.82) is 0 Å². The van der Waals surface area contributed by atoms with Crippen LogP contribution in [0.25, 0.3) is 0 Å². The maximum absolute atomic E-state index is 5.91. The lowest BCUT2D eigenvalue weighted by Gasteiger charge is -2.18. The molecule has 0 unspecified atom stereocenters. The second-order valence-corrected chi connectivity index (χ2v) is 5.90. The van der Waals surface area contributed by atoms with Crippen LogP contribution in [-0.2, 0) is 13.1 Å². The molecule has 24 heavy (non-hydrogen) atoms. The molecule has 3 nitrogen and oxygen atoms in total. The molecule has 0 heterocycles. The van der Waals surface area contributed by atoms with Crippen LogP contribution in [0.15, 0.2) is 95.3 Å². The van der Waals surface area contributed by atoms with Crippen molar-refractivity contribution in [2.45, 2.75) is 13.1 Å². The number of nitrogens with zero attached hydrogens (tertiary/aromatic N) is 3. The first-order valence-corrected chi connectivity index (χ1v) is 8.17. The van der Waals surface area contributed by atoms with Gasteiger partial charge in [-0.25, -0.2) is 0 Å². The van der Waals surface area contributed by atoms with Gasteiger partial charge in [0.25, 0.3) is 0 Å². The summed E-state index contributed by atoms with van der Waals surface area (Å²) >= 11 is 5.91. The normalized spacial score (nSPS) is 10.9. The monoisotopic (exact) mass is 335 g/mol. The first-order valence-electron chi connectivity index (χ1n) is 7.79. The van der Waals surface area contributed by atoms with Crippen molar-refractivity contribution in [3.05, 3.63) is 101 Å². The fourth-order valence-electron chi connectivity index (χ4n) is 2.33. The molecule has 0 saturated carbocycles. The molecule has 120 valence electrons. The van der Waals surface area contributed by atoms with Gasteiger partial charge in [0.2, 0.25) is 0 Å². The number of hydrogen-bond donors (Lipinski definition) is 0. The molecule has 0 aliphatic heterocycles. The summed E-state index contributed by atoms with van der Waals surface area (Å²) in [5.74, 6) is 0. The molecule has 0 saturated heterocycles. The van der Waals surface area contributed by atoms with Crippen LogP contribution < -0.4 is 0 Å². The van der Waals surface area contributed by atoms with Gasteiger partial charge >= 0.3 is 0 Å². The number of halogens is 1. The van der Waals surface area contributed by atoms with Gasteiger partial charge < -0.3 is 0 Å². The van der Waals surface area contributed by atoms with Crippen molar-refractivity contribution in [2.24, 2.45) is 10.3 Å². The average Bonchev–Trinajstić information content (AvgIpc) is 2.63. The topological polar surface area (TPSA) is 28.0 Å². The molecule has 3 aromatic carbocycles. The smallest absolute Gasteiger partial charge is 0.0875 e. The zero-order chi connectivity index (χ0) is 16.6. The molecule has 0 aliphatic rings. The van der Waals surface area contributed by atoms with Crippen molar-refractivity contribution in [3.8, 4) is 0 Å². The Hall–Kier alpha value is -2.65. The van der Waals surface area contributed by atoms with E-state index < -0.39 is 0 Å². The van der Waals surface area contributed by atoms with E-state index in [1.165, 1.54) is 11.1 Å². The summed E-state index contributed by atoms with van der Waals surface area (Å²) < 4.78 is 0. The Kier molecular flexibility index (Phi) is 5.59. The van der Waals surface area contributed by atoms with Crippen LogP contribution in [0.5, 0.6) is 0 Å². The van der Waals surface area contributed by atoms with Gasteiger partial charge in [-0.2, -0.15) is 0 Å². The first-order chi connectivity index (χ1) is 11.8. The van der Waals surface area contributed by atoms with E-state index >= 15 is 0 Å². The Morgan fingerprint density at radius 2 is 1.17 bits per heavy atom. The molecule has 0 aromatic heterocycles. The largest absolute Gasteiger partial charge is 0.270 e. The van der Waals surface area contributed by atoms with Gasteiger partial charge in [-0.3, -0.25) is 5.01 Å². The van der Waals surface area contributed by atoms with Gasteiger partial charge in [0.15, 0.2) is 0 Å². The lowest BCUT2D eigenvalue weighted by atomic mass is 10.2. The van der Waals surface area contributed by atoms with Crippen LogP contribution in [0.4, 0.5) is 5.69 Å². The zero-order valence-corrected chi connectivity index (χ0v) is 14.0. The van der Waals surface area contributed by atoms with Crippen molar-refractivity contribution in [3.63, 3.8) is 0 Å². The highest BCUT2D eigenvalue weighted by Crippen LogP contribution is 2.18. The summed E-state index contributed by atoms with van der Waals surface area (Å²) in [4.78, 5) is 0. The number of hydrogen-bond acceptors (Lipinski definition) is 2. The Morgan fingerprint density at radius 3 is 1.67 bits per heavy atom. The molecule has 0 aliphatic carbocycles. The molecular weight excluding hydrogens is 318 g/mol. The molecule has 0 bridgehead atoms. The highest BCUT2D eigenvalue weighted by molar-refractivity contribution is 6.30. The molecule has 0 spiro atoms. The lowest BCUT2D eigenvalue weighted by molar-refractivity contribution is 0.252. The molecule has 0 atom stereocenters. The predicted molar refractivity (Wildman–Crippen MR) is 98.1 cm³/mol. The standard InChI is InChI=1S/C20H18ClN3/c21-19-11-13-20(14-12-19)22-23-24(15-17-7-3-1-4-8-17)16-18-9-5-2-6-10-18/h1-14H,15-16H2. The van der Waals surface area contributed by atoms with E-state index in [0.29, 0.717) is 18.1 Å². The van der Waals surface area contributed by atoms with Gasteiger partial charge in [-0.05, 0) is 35.4 Å². The molecule has 0 amide bonds. The van der Waals surface area contributed by atoms with Gasteiger partial charge in [-0.1, -0.05) is 77.5 Å². The van der Waals surface area contributed by atoms with Crippen molar-refractivity contribution in [2.75, 3.05) is 0 Å². The first kappa shape index (κ1) is 16.2. The molecule has 0 radical (unpaired) electrons. The van der Waals surface area contributed by atoms with Crippen molar-refractivity contribution in [1.82, 2.24) is 5.01 Å². The van der Waals surface area contributed by atoms with Crippen molar-refractivity contribution >= 4 is 17.3 Å². The maximum atomic E-state index is 5.91. The third-order valence-corrected chi connectivity index (χ3v) is 3.78. The Balaban J connectivity index is 1.77. The summed E-state index contributed by atoms with van der Waals surface area (Å²) in [6, 6.07) is 27.9. The Morgan fingerprint density at radius 1 is 0.667 bits per heavy atom. The summed E-state index contributed by atoms with van der Waals surface area (Å²) in [7, 11) is 0. The second kappa shape index (κ2) is 8.27. The molecule has 0 fully saturated rings. The second-order valence-electron chi connectivity index (χ2n) is 5.46. The van der Waals surface area contributed by atoms with Gasteiger partial charge in [0.05, 0.1) is 18.8 Å². The zero-order valence-electron chi connectivity index (χ0n) is 13.2. The predicted octanol–water partition coefficient (Wildman–Crippen LogP) is 6.04. The minimum absolute atomic E-state index is 0.694. The molecule has 4 heteroatoms. The van der Waals surface area contributed by atoms with Gasteiger partial charge in [0.1, 0.15) is 0 Å². The summed E-state index contributed by atoms with van der Waals surface area (Å²) in [6.45, 7) is 1.40. The average molecular weight is 336 g/mol. The molecular formula is C20H18ClN3. The van der Waals surface area contributed by atoms with Crippen LogP contribution in [0.2, 0.25) is 5.02 Å². The maximum Gasteiger partial charge on any atom is 0.0875 e. The summed E-state index contributed by atoms with van der Waals surface area (Å²) in [6.07, 6.45) is 0. The van der Waals surface area contributed by atoms with E-state index in [1.807, 2.05) is 65.7 Å². The van der Waals surface area contributed by atoms with Crippen LogP contribution in [-0.4, -0.2) is 5.01 Å². The van der Waals surface area contributed by atoms with Crippen molar-refractivity contribution < 1.29 is 0 Å². The fraction of sp³-hybridized carbons (Fsp3) is 0.100. The van der Waals surface area contributed by atoms with Crippen LogP contribution >= 0.6 is 11.6 Å². The van der Waals surface area contributed by atoms with E-state index in [9.17, 15) is 0 Å².